The summed E-state index contributed by atoms with van der Waals surface area (Å²) in [5.74, 6) is -1.22. The largest absolute Gasteiger partial charge is 0.361 e. The number of halogens is 3. The molecule has 1 saturated carbocycles. The third-order valence-corrected chi connectivity index (χ3v) is 9.35. The summed E-state index contributed by atoms with van der Waals surface area (Å²) in [6, 6.07) is 9.28. The van der Waals surface area contributed by atoms with Gasteiger partial charge in [-0.25, -0.2) is 9.99 Å². The maximum Gasteiger partial charge on any atom is 0.347 e. The molecule has 1 aromatic heterocycles. The first-order valence-electron chi connectivity index (χ1n) is 13.1. The van der Waals surface area contributed by atoms with E-state index in [1.54, 1.807) is 6.07 Å². The lowest BCUT2D eigenvalue weighted by atomic mass is 10.1. The van der Waals surface area contributed by atoms with Crippen LogP contribution in [-0.4, -0.2) is 48.1 Å². The van der Waals surface area contributed by atoms with Crippen molar-refractivity contribution in [2.24, 2.45) is 11.0 Å². The summed E-state index contributed by atoms with van der Waals surface area (Å²) in [4.78, 5) is 41.1. The molecule has 2 atom stereocenters. The number of nitro groups is 1. The van der Waals surface area contributed by atoms with Crippen molar-refractivity contribution < 1.29 is 27.1 Å². The number of nitrogens with one attached hydrogen (secondary N) is 2. The number of pyridine rings is 1. The van der Waals surface area contributed by atoms with E-state index in [4.69, 9.17) is 27.4 Å². The van der Waals surface area contributed by atoms with E-state index in [1.165, 1.54) is 36.5 Å². The summed E-state index contributed by atoms with van der Waals surface area (Å²) in [6.45, 7) is 1.90. The monoisotopic (exact) mass is 724 g/mol. The zero-order chi connectivity index (χ0) is 31.8. The molecule has 44 heavy (non-hydrogen) atoms. The highest BCUT2D eigenvalue weighted by Crippen LogP contribution is 2.36. The molecule has 2 heterocycles. The van der Waals surface area contributed by atoms with Crippen molar-refractivity contribution in [2.75, 3.05) is 10.3 Å². The molecule has 2 aliphatic rings. The maximum atomic E-state index is 13.8. The van der Waals surface area contributed by atoms with E-state index in [2.05, 4.69) is 36.6 Å². The van der Waals surface area contributed by atoms with Crippen molar-refractivity contribution in [3.63, 3.8) is 0 Å². The van der Waals surface area contributed by atoms with Crippen molar-refractivity contribution in [1.29, 1.82) is 0 Å². The highest BCUT2D eigenvalue weighted by Gasteiger charge is 2.40. The van der Waals surface area contributed by atoms with Crippen LogP contribution in [0.5, 0.6) is 0 Å². The van der Waals surface area contributed by atoms with E-state index in [1.807, 2.05) is 6.92 Å². The number of benzene rings is 2. The molecule has 17 heteroatoms. The van der Waals surface area contributed by atoms with Crippen LogP contribution in [0.3, 0.4) is 0 Å². The fourth-order valence-electron chi connectivity index (χ4n) is 4.55. The smallest absolute Gasteiger partial charge is 0.347 e. The number of carbonyl (C=O) groups excluding carboxylic acids is 2. The van der Waals surface area contributed by atoms with E-state index in [0.717, 1.165) is 30.0 Å². The standard InChI is InChI=1S/C27H23BrCl2N6O7S/c1-14(15-8-9-15)32-26(37)17-11-16(29)12-18(28)24(17)33-27(38)21-13-23(34-35(21)25-19(30)5-4-10-31-25)43-44(41,42)22-7-3-2-6-20(22)36(39)40/h2-7,10-12,14-15,21H,8-9,13H2,1H3,(H,32,37)(H,33,38). The average molecular weight is 726 g/mol. The van der Waals surface area contributed by atoms with Crippen LogP contribution < -0.4 is 15.6 Å². The van der Waals surface area contributed by atoms with Gasteiger partial charge in [-0.3, -0.25) is 19.7 Å². The Hall–Kier alpha value is -3.79. The quantitative estimate of drug-likeness (QED) is 0.164. The summed E-state index contributed by atoms with van der Waals surface area (Å²) in [6.07, 6.45) is 3.02. The Morgan fingerprint density at radius 1 is 1.18 bits per heavy atom. The second-order valence-corrected chi connectivity index (χ2v) is 13.2. The molecule has 2 aromatic carbocycles. The van der Waals surface area contributed by atoms with Crippen LogP contribution in [0.2, 0.25) is 10.0 Å². The van der Waals surface area contributed by atoms with Gasteiger partial charge < -0.3 is 14.8 Å². The second-order valence-electron chi connectivity index (χ2n) is 10.0. The zero-order valence-electron chi connectivity index (χ0n) is 22.7. The van der Waals surface area contributed by atoms with Crippen LogP contribution in [0.1, 0.15) is 36.5 Å². The first-order valence-corrected chi connectivity index (χ1v) is 16.1. The van der Waals surface area contributed by atoms with Gasteiger partial charge in [-0.2, -0.15) is 8.42 Å². The molecular weight excluding hydrogens is 703 g/mol. The van der Waals surface area contributed by atoms with Gasteiger partial charge in [0.2, 0.25) is 11.8 Å². The van der Waals surface area contributed by atoms with E-state index in [9.17, 15) is 28.1 Å². The normalized spacial score (nSPS) is 17.0. The van der Waals surface area contributed by atoms with Gasteiger partial charge in [0.25, 0.3) is 11.6 Å². The average Bonchev–Trinajstić information content (AvgIpc) is 3.75. The molecule has 1 aliphatic heterocycles. The van der Waals surface area contributed by atoms with Crippen LogP contribution in [0.25, 0.3) is 0 Å². The van der Waals surface area contributed by atoms with Gasteiger partial charge in [0.1, 0.15) is 6.04 Å². The topological polar surface area (TPSA) is 173 Å². The number of hydrazone groups is 1. The number of para-hydroxylation sites is 1. The van der Waals surface area contributed by atoms with Gasteiger partial charge in [-0.15, -0.1) is 5.10 Å². The van der Waals surface area contributed by atoms with Gasteiger partial charge in [-0.05, 0) is 71.9 Å². The summed E-state index contributed by atoms with van der Waals surface area (Å²) in [5, 5.41) is 22.7. The molecule has 1 aliphatic carbocycles. The Morgan fingerprint density at radius 2 is 1.91 bits per heavy atom. The third-order valence-electron chi connectivity index (χ3n) is 6.91. The maximum absolute atomic E-state index is 13.8. The molecule has 2 unspecified atom stereocenters. The van der Waals surface area contributed by atoms with Crippen LogP contribution in [0.4, 0.5) is 17.2 Å². The number of hydrogen-bond acceptors (Lipinski definition) is 10. The molecule has 5 rings (SSSR count). The van der Waals surface area contributed by atoms with Crippen molar-refractivity contribution in [2.45, 2.75) is 43.2 Å². The molecule has 2 N–H and O–H groups in total. The van der Waals surface area contributed by atoms with E-state index in [-0.39, 0.29) is 33.2 Å². The molecule has 0 radical (unpaired) electrons. The van der Waals surface area contributed by atoms with Gasteiger partial charge in [-0.1, -0.05) is 35.3 Å². The number of nitro benzene ring substituents is 1. The molecule has 3 aromatic rings. The molecule has 13 nitrogen and oxygen atoms in total. The van der Waals surface area contributed by atoms with Crippen molar-refractivity contribution in [1.82, 2.24) is 10.3 Å². The van der Waals surface area contributed by atoms with Gasteiger partial charge in [0.05, 0.1) is 27.6 Å². The Kier molecular flexibility index (Phi) is 9.11. The van der Waals surface area contributed by atoms with Crippen molar-refractivity contribution >= 4 is 84.2 Å². The highest BCUT2D eigenvalue weighted by molar-refractivity contribution is 9.10. The van der Waals surface area contributed by atoms with E-state index < -0.39 is 55.8 Å². The number of amides is 2. The number of anilines is 2. The number of hydrogen-bond donors (Lipinski definition) is 2. The summed E-state index contributed by atoms with van der Waals surface area (Å²) in [7, 11) is -4.75. The van der Waals surface area contributed by atoms with Gasteiger partial charge in [0.15, 0.2) is 10.7 Å². The molecule has 1 fully saturated rings. The van der Waals surface area contributed by atoms with Crippen LogP contribution in [-0.2, 0) is 19.1 Å². The lowest BCUT2D eigenvalue weighted by molar-refractivity contribution is -0.387. The summed E-state index contributed by atoms with van der Waals surface area (Å²) in [5.41, 5.74) is -0.477. The first kappa shape index (κ1) is 31.6. The molecule has 2 amide bonds. The van der Waals surface area contributed by atoms with Crippen LogP contribution in [0, 0.1) is 16.0 Å². The third kappa shape index (κ3) is 6.80. The predicted octanol–water partition coefficient (Wildman–Crippen LogP) is 5.52. The zero-order valence-corrected chi connectivity index (χ0v) is 26.7. The number of rotatable bonds is 9. The Balaban J connectivity index is 1.46. The predicted molar refractivity (Wildman–Crippen MR) is 166 cm³/mol. The van der Waals surface area contributed by atoms with E-state index in [0.29, 0.717) is 10.4 Å². The second kappa shape index (κ2) is 12.7. The van der Waals surface area contributed by atoms with Crippen molar-refractivity contribution in [3.05, 3.63) is 84.9 Å². The minimum atomic E-state index is -4.75. The van der Waals surface area contributed by atoms with Gasteiger partial charge in [0, 0.05) is 27.8 Å². The van der Waals surface area contributed by atoms with E-state index >= 15 is 0 Å². The van der Waals surface area contributed by atoms with Crippen LogP contribution in [0.15, 0.2) is 69.2 Å². The number of nitrogens with zero attached hydrogens (tertiary/aromatic N) is 4. The Morgan fingerprint density at radius 3 is 2.59 bits per heavy atom. The summed E-state index contributed by atoms with van der Waals surface area (Å²) < 4.78 is 31.7. The first-order chi connectivity index (χ1) is 20.9. The van der Waals surface area contributed by atoms with Crippen LogP contribution >= 0.6 is 39.1 Å². The Labute approximate surface area is 270 Å². The number of aromatic nitrogens is 1. The SMILES string of the molecule is CC(NC(=O)c1cc(Cl)cc(Br)c1NC(=O)C1CC(OS(=O)(=O)c2ccccc2[N+](=O)[O-])=NN1c1ncccc1Cl)C1CC1. The minimum absolute atomic E-state index is 0.0161. The fraction of sp³-hybridized carbons (Fsp3) is 0.259. The molecular formula is C27H23BrCl2N6O7S. The number of carbonyl (C=O) groups is 2. The molecule has 0 saturated heterocycles. The van der Waals surface area contributed by atoms with Crippen molar-refractivity contribution in [3.8, 4) is 0 Å². The summed E-state index contributed by atoms with van der Waals surface area (Å²) >= 11 is 15.9. The fourth-order valence-corrected chi connectivity index (χ4v) is 6.76. The lowest BCUT2D eigenvalue weighted by Crippen LogP contribution is -2.40. The Bertz CT molecular complexity index is 1800. The lowest BCUT2D eigenvalue weighted by Gasteiger charge is -2.23. The molecule has 230 valence electrons. The molecule has 0 bridgehead atoms. The van der Waals surface area contributed by atoms with Gasteiger partial charge >= 0.3 is 10.1 Å². The molecule has 0 spiro atoms. The minimum Gasteiger partial charge on any atom is -0.361 e. The highest BCUT2D eigenvalue weighted by atomic mass is 79.9.